The number of hydrogen-bond donors (Lipinski definition) is 0. The van der Waals surface area contributed by atoms with Crippen LogP contribution in [0.4, 0.5) is 0 Å². The van der Waals surface area contributed by atoms with Crippen molar-refractivity contribution in [3.63, 3.8) is 0 Å². The van der Waals surface area contributed by atoms with Crippen LogP contribution in [0.15, 0.2) is 18.3 Å². The van der Waals surface area contributed by atoms with E-state index in [1.165, 1.54) is 0 Å². The van der Waals surface area contributed by atoms with E-state index < -0.39 is 0 Å². The Morgan fingerprint density at radius 3 is 2.82 bits per heavy atom. The van der Waals surface area contributed by atoms with Gasteiger partial charge in [-0.1, -0.05) is 11.6 Å². The highest BCUT2D eigenvalue weighted by Gasteiger charge is 2.23. The molecule has 0 saturated heterocycles. The fraction of sp³-hybridized carbons (Fsp3) is 0.375. The summed E-state index contributed by atoms with van der Waals surface area (Å²) in [6.07, 6.45) is 4.32. The maximum Gasteiger partial charge on any atom is 0.213 e. The first kappa shape index (κ1) is 6.92. The van der Waals surface area contributed by atoms with Gasteiger partial charge in [0.25, 0.3) is 0 Å². The molecule has 58 valence electrons. The fourth-order valence-electron chi connectivity index (χ4n) is 0.789. The van der Waals surface area contributed by atoms with E-state index in [2.05, 4.69) is 4.98 Å². The van der Waals surface area contributed by atoms with Gasteiger partial charge in [0, 0.05) is 12.3 Å². The van der Waals surface area contributed by atoms with Gasteiger partial charge in [0.2, 0.25) is 5.88 Å². The Hall–Kier alpha value is -0.760. The van der Waals surface area contributed by atoms with Crippen LogP contribution in [0.1, 0.15) is 12.8 Å². The van der Waals surface area contributed by atoms with E-state index in [1.54, 1.807) is 18.3 Å². The molecule has 0 aromatic carbocycles. The molecule has 0 unspecified atom stereocenters. The Morgan fingerprint density at radius 2 is 2.27 bits per heavy atom. The molecular formula is C8H8ClNO. The topological polar surface area (TPSA) is 22.1 Å². The molecule has 1 heterocycles. The standard InChI is InChI=1S/C8H8ClNO/c9-6-1-4-8(10-5-6)11-7-2-3-7/h1,4-5,7H,2-3H2. The van der Waals surface area contributed by atoms with Crippen molar-refractivity contribution >= 4 is 11.6 Å². The number of pyridine rings is 1. The molecule has 0 amide bonds. The predicted octanol–water partition coefficient (Wildman–Crippen LogP) is 2.28. The van der Waals surface area contributed by atoms with Gasteiger partial charge in [-0.3, -0.25) is 0 Å². The van der Waals surface area contributed by atoms with Crippen LogP contribution in [0.5, 0.6) is 5.88 Å². The maximum absolute atomic E-state index is 5.65. The van der Waals surface area contributed by atoms with Crippen molar-refractivity contribution in [3.8, 4) is 5.88 Å². The summed E-state index contributed by atoms with van der Waals surface area (Å²) in [5, 5.41) is 0.646. The average Bonchev–Trinajstić information content (AvgIpc) is 2.78. The number of ether oxygens (including phenoxy) is 1. The molecule has 1 aromatic rings. The van der Waals surface area contributed by atoms with Crippen LogP contribution >= 0.6 is 11.6 Å². The van der Waals surface area contributed by atoms with Crippen LogP contribution < -0.4 is 4.74 Å². The zero-order valence-electron chi connectivity index (χ0n) is 5.96. The summed E-state index contributed by atoms with van der Waals surface area (Å²) in [5.41, 5.74) is 0. The molecule has 0 spiro atoms. The van der Waals surface area contributed by atoms with Crippen LogP contribution in [0, 0.1) is 0 Å². The van der Waals surface area contributed by atoms with E-state index in [4.69, 9.17) is 16.3 Å². The first-order chi connectivity index (χ1) is 5.34. The van der Waals surface area contributed by atoms with Crippen LogP contribution in [0.2, 0.25) is 5.02 Å². The zero-order valence-corrected chi connectivity index (χ0v) is 6.71. The molecule has 1 aromatic heterocycles. The Morgan fingerprint density at radius 1 is 1.45 bits per heavy atom. The minimum atomic E-state index is 0.406. The lowest BCUT2D eigenvalue weighted by molar-refractivity contribution is 0.291. The molecule has 0 atom stereocenters. The lowest BCUT2D eigenvalue weighted by atomic mass is 10.5. The number of rotatable bonds is 2. The molecule has 1 fully saturated rings. The van der Waals surface area contributed by atoms with Gasteiger partial charge in [0.1, 0.15) is 6.10 Å². The summed E-state index contributed by atoms with van der Waals surface area (Å²) in [7, 11) is 0. The SMILES string of the molecule is Clc1ccc(OC2CC2)nc1. The highest BCUT2D eigenvalue weighted by molar-refractivity contribution is 6.30. The van der Waals surface area contributed by atoms with Gasteiger partial charge in [0.15, 0.2) is 0 Å². The van der Waals surface area contributed by atoms with Crippen LogP contribution in [-0.2, 0) is 0 Å². The highest BCUT2D eigenvalue weighted by atomic mass is 35.5. The van der Waals surface area contributed by atoms with Crippen molar-refractivity contribution in [1.29, 1.82) is 0 Å². The third kappa shape index (κ3) is 1.84. The summed E-state index contributed by atoms with van der Waals surface area (Å²) in [6.45, 7) is 0. The lowest BCUT2D eigenvalue weighted by Gasteiger charge is -2.00. The number of hydrogen-bond acceptors (Lipinski definition) is 2. The first-order valence-corrected chi connectivity index (χ1v) is 4.00. The molecule has 0 bridgehead atoms. The van der Waals surface area contributed by atoms with E-state index >= 15 is 0 Å². The lowest BCUT2D eigenvalue weighted by Crippen LogP contribution is -1.96. The molecular weight excluding hydrogens is 162 g/mol. The van der Waals surface area contributed by atoms with Gasteiger partial charge in [-0.15, -0.1) is 0 Å². The van der Waals surface area contributed by atoms with Gasteiger partial charge in [-0.05, 0) is 18.9 Å². The Bertz CT molecular complexity index is 243. The zero-order chi connectivity index (χ0) is 7.68. The van der Waals surface area contributed by atoms with Crippen molar-refractivity contribution < 1.29 is 4.74 Å². The number of aromatic nitrogens is 1. The van der Waals surface area contributed by atoms with Gasteiger partial charge in [-0.2, -0.15) is 0 Å². The molecule has 0 aliphatic heterocycles. The van der Waals surface area contributed by atoms with Gasteiger partial charge >= 0.3 is 0 Å². The van der Waals surface area contributed by atoms with Crippen molar-refractivity contribution in [2.24, 2.45) is 0 Å². The summed E-state index contributed by atoms with van der Waals surface area (Å²) in [5.74, 6) is 0.678. The minimum absolute atomic E-state index is 0.406. The maximum atomic E-state index is 5.65. The van der Waals surface area contributed by atoms with Gasteiger partial charge < -0.3 is 4.74 Å². The van der Waals surface area contributed by atoms with Gasteiger partial charge in [-0.25, -0.2) is 4.98 Å². The van der Waals surface area contributed by atoms with E-state index in [9.17, 15) is 0 Å². The smallest absolute Gasteiger partial charge is 0.213 e. The summed E-state index contributed by atoms with van der Waals surface area (Å²) in [6, 6.07) is 3.58. The Labute approximate surface area is 70.2 Å². The van der Waals surface area contributed by atoms with Crippen LogP contribution in [0.25, 0.3) is 0 Å². The summed E-state index contributed by atoms with van der Waals surface area (Å²) >= 11 is 5.65. The van der Waals surface area contributed by atoms with E-state index in [0.717, 1.165) is 12.8 Å². The largest absolute Gasteiger partial charge is 0.474 e. The predicted molar refractivity (Wildman–Crippen MR) is 42.9 cm³/mol. The molecule has 0 radical (unpaired) electrons. The summed E-state index contributed by atoms with van der Waals surface area (Å²) in [4.78, 5) is 4.00. The number of nitrogens with zero attached hydrogens (tertiary/aromatic N) is 1. The third-order valence-corrected chi connectivity index (χ3v) is 1.74. The van der Waals surface area contributed by atoms with Crippen molar-refractivity contribution in [2.75, 3.05) is 0 Å². The molecule has 1 aliphatic carbocycles. The summed E-state index contributed by atoms with van der Waals surface area (Å²) < 4.78 is 5.41. The van der Waals surface area contributed by atoms with E-state index in [-0.39, 0.29) is 0 Å². The molecule has 3 heteroatoms. The average molecular weight is 170 g/mol. The van der Waals surface area contributed by atoms with Crippen molar-refractivity contribution in [2.45, 2.75) is 18.9 Å². The third-order valence-electron chi connectivity index (χ3n) is 1.51. The number of halogens is 1. The molecule has 0 N–H and O–H groups in total. The van der Waals surface area contributed by atoms with Crippen LogP contribution in [-0.4, -0.2) is 11.1 Å². The second-order valence-electron chi connectivity index (χ2n) is 2.63. The van der Waals surface area contributed by atoms with Crippen LogP contribution in [0.3, 0.4) is 0 Å². The fourth-order valence-corrected chi connectivity index (χ4v) is 0.900. The highest BCUT2D eigenvalue weighted by Crippen LogP contribution is 2.25. The molecule has 2 nitrogen and oxygen atoms in total. The quantitative estimate of drug-likeness (QED) is 0.678. The minimum Gasteiger partial charge on any atom is -0.474 e. The Kier molecular flexibility index (Phi) is 1.70. The monoisotopic (exact) mass is 169 g/mol. The van der Waals surface area contributed by atoms with Crippen molar-refractivity contribution in [3.05, 3.63) is 23.4 Å². The van der Waals surface area contributed by atoms with E-state index in [0.29, 0.717) is 17.0 Å². The second-order valence-corrected chi connectivity index (χ2v) is 3.07. The van der Waals surface area contributed by atoms with Crippen molar-refractivity contribution in [1.82, 2.24) is 4.98 Å². The first-order valence-electron chi connectivity index (χ1n) is 3.63. The Balaban J connectivity index is 2.06. The van der Waals surface area contributed by atoms with Gasteiger partial charge in [0.05, 0.1) is 5.02 Å². The molecule has 1 aliphatic rings. The molecule has 2 rings (SSSR count). The van der Waals surface area contributed by atoms with E-state index in [1.807, 2.05) is 0 Å². The normalized spacial score (nSPS) is 16.5. The molecule has 11 heavy (non-hydrogen) atoms. The second kappa shape index (κ2) is 2.70. The molecule has 1 saturated carbocycles.